The molecule has 190 valence electrons. The fourth-order valence-electron chi connectivity index (χ4n) is 4.02. The Morgan fingerprint density at radius 3 is 2.67 bits per heavy atom. The summed E-state index contributed by atoms with van der Waals surface area (Å²) in [5.41, 5.74) is 2.85. The van der Waals surface area contributed by atoms with Gasteiger partial charge in [-0.15, -0.1) is 5.10 Å². The molecule has 0 spiro atoms. The fraction of sp³-hybridized carbons (Fsp3) is 0.370. The lowest BCUT2D eigenvalue weighted by Gasteiger charge is -2.29. The van der Waals surface area contributed by atoms with Gasteiger partial charge >= 0.3 is 0 Å². The lowest BCUT2D eigenvalue weighted by Crippen LogP contribution is -2.31. The van der Waals surface area contributed by atoms with E-state index in [1.54, 1.807) is 23.6 Å². The molecule has 1 aliphatic rings. The van der Waals surface area contributed by atoms with Crippen molar-refractivity contribution < 1.29 is 14.3 Å². The van der Waals surface area contributed by atoms with Gasteiger partial charge in [-0.05, 0) is 54.8 Å². The van der Waals surface area contributed by atoms with Gasteiger partial charge < -0.3 is 20.1 Å². The Labute approximate surface area is 216 Å². The minimum absolute atomic E-state index is 0.210. The molecule has 36 heavy (non-hydrogen) atoms. The lowest BCUT2D eigenvalue weighted by molar-refractivity contribution is -0.113. The van der Waals surface area contributed by atoms with Crippen LogP contribution in [0, 0.1) is 5.92 Å². The van der Waals surface area contributed by atoms with Crippen LogP contribution in [-0.4, -0.2) is 40.1 Å². The van der Waals surface area contributed by atoms with Gasteiger partial charge in [0.15, 0.2) is 11.5 Å². The Bertz CT molecular complexity index is 1240. The molecule has 0 fully saturated rings. The van der Waals surface area contributed by atoms with Gasteiger partial charge in [0.25, 0.3) is 5.91 Å². The molecule has 9 heteroatoms. The highest BCUT2D eigenvalue weighted by atomic mass is 32.2. The van der Waals surface area contributed by atoms with Gasteiger partial charge in [0, 0.05) is 11.4 Å². The molecule has 2 N–H and O–H groups in total. The normalized spacial score (nSPS) is 14.9. The van der Waals surface area contributed by atoms with Gasteiger partial charge in [-0.3, -0.25) is 4.79 Å². The number of amides is 1. The third-order valence-corrected chi connectivity index (χ3v) is 6.56. The van der Waals surface area contributed by atoms with Crippen molar-refractivity contribution in [1.29, 1.82) is 0 Å². The number of allylic oxidation sites excluding steroid dienone is 1. The number of rotatable bonds is 10. The SMILES string of the molecule is CCSc1nc2n(n1)C(c1ccc(OCCC(C)C)c(OC)c1)C(C(=O)Nc1ccccc1)=C(C)N2. The van der Waals surface area contributed by atoms with Gasteiger partial charge in [0.2, 0.25) is 11.1 Å². The van der Waals surface area contributed by atoms with Gasteiger partial charge in [-0.25, -0.2) is 4.68 Å². The maximum Gasteiger partial charge on any atom is 0.255 e. The van der Waals surface area contributed by atoms with Crippen molar-refractivity contribution in [3.8, 4) is 11.5 Å². The maximum absolute atomic E-state index is 13.6. The zero-order valence-electron chi connectivity index (χ0n) is 21.4. The number of ether oxygens (including phenoxy) is 2. The summed E-state index contributed by atoms with van der Waals surface area (Å²) in [6.45, 7) is 8.88. The summed E-state index contributed by atoms with van der Waals surface area (Å²) in [5, 5.41) is 11.7. The van der Waals surface area contributed by atoms with Crippen LogP contribution in [-0.2, 0) is 4.79 Å². The Balaban J connectivity index is 1.74. The summed E-state index contributed by atoms with van der Waals surface area (Å²) in [6, 6.07) is 14.7. The Morgan fingerprint density at radius 1 is 1.19 bits per heavy atom. The smallest absolute Gasteiger partial charge is 0.255 e. The maximum atomic E-state index is 13.6. The monoisotopic (exact) mass is 507 g/mol. The second kappa shape index (κ2) is 11.5. The molecule has 3 aromatic rings. The summed E-state index contributed by atoms with van der Waals surface area (Å²) in [7, 11) is 1.62. The van der Waals surface area contributed by atoms with Crippen LogP contribution < -0.4 is 20.1 Å². The molecule has 2 aromatic carbocycles. The van der Waals surface area contributed by atoms with E-state index in [2.05, 4.69) is 36.4 Å². The summed E-state index contributed by atoms with van der Waals surface area (Å²) < 4.78 is 13.4. The number of thioether (sulfide) groups is 1. The van der Waals surface area contributed by atoms with E-state index >= 15 is 0 Å². The number of hydrogen-bond acceptors (Lipinski definition) is 7. The summed E-state index contributed by atoms with van der Waals surface area (Å²) in [5.74, 6) is 3.06. The Hall–Kier alpha value is -3.46. The summed E-state index contributed by atoms with van der Waals surface area (Å²) in [4.78, 5) is 18.2. The molecule has 0 saturated carbocycles. The second-order valence-electron chi connectivity index (χ2n) is 8.92. The third kappa shape index (κ3) is 5.67. The lowest BCUT2D eigenvalue weighted by atomic mass is 9.94. The molecule has 8 nitrogen and oxygen atoms in total. The largest absolute Gasteiger partial charge is 0.493 e. The average molecular weight is 508 g/mol. The first kappa shape index (κ1) is 25.6. The number of nitrogens with one attached hydrogen (secondary N) is 2. The minimum atomic E-state index is -0.498. The fourth-order valence-corrected chi connectivity index (χ4v) is 4.58. The number of fused-ring (bicyclic) bond motifs is 1. The number of carbonyl (C=O) groups is 1. The van der Waals surface area contributed by atoms with Crippen molar-refractivity contribution in [3.63, 3.8) is 0 Å². The van der Waals surface area contributed by atoms with E-state index in [9.17, 15) is 4.79 Å². The van der Waals surface area contributed by atoms with E-state index in [-0.39, 0.29) is 5.91 Å². The van der Waals surface area contributed by atoms with Crippen molar-refractivity contribution in [2.75, 3.05) is 30.1 Å². The quantitative estimate of drug-likeness (QED) is 0.338. The van der Waals surface area contributed by atoms with Gasteiger partial charge in [-0.2, -0.15) is 4.98 Å². The van der Waals surface area contributed by atoms with Crippen LogP contribution in [0.1, 0.15) is 45.7 Å². The number of para-hydroxylation sites is 1. The van der Waals surface area contributed by atoms with E-state index < -0.39 is 6.04 Å². The summed E-state index contributed by atoms with van der Waals surface area (Å²) in [6.07, 6.45) is 0.950. The second-order valence-corrected chi connectivity index (χ2v) is 10.2. The molecular weight excluding hydrogens is 474 g/mol. The molecule has 4 rings (SSSR count). The van der Waals surface area contributed by atoms with Crippen LogP contribution in [0.3, 0.4) is 0 Å². The van der Waals surface area contributed by atoms with E-state index in [4.69, 9.17) is 14.6 Å². The number of benzene rings is 2. The van der Waals surface area contributed by atoms with Gasteiger partial charge in [0.05, 0.1) is 19.3 Å². The first-order valence-corrected chi connectivity index (χ1v) is 13.1. The Kier molecular flexibility index (Phi) is 8.20. The predicted molar refractivity (Wildman–Crippen MR) is 144 cm³/mol. The summed E-state index contributed by atoms with van der Waals surface area (Å²) >= 11 is 1.55. The molecular formula is C27H33N5O3S. The average Bonchev–Trinajstić information content (AvgIpc) is 3.25. The molecule has 1 atom stereocenters. The van der Waals surface area contributed by atoms with Crippen molar-refractivity contribution in [3.05, 3.63) is 65.4 Å². The van der Waals surface area contributed by atoms with Crippen molar-refractivity contribution in [2.24, 2.45) is 5.92 Å². The topological polar surface area (TPSA) is 90.3 Å². The van der Waals surface area contributed by atoms with Crippen molar-refractivity contribution >= 4 is 29.3 Å². The van der Waals surface area contributed by atoms with Crippen LogP contribution in [0.15, 0.2) is 65.0 Å². The highest BCUT2D eigenvalue weighted by molar-refractivity contribution is 7.99. The Morgan fingerprint density at radius 2 is 1.97 bits per heavy atom. The molecule has 1 aromatic heterocycles. The van der Waals surface area contributed by atoms with Crippen LogP contribution in [0.25, 0.3) is 0 Å². The first-order valence-electron chi connectivity index (χ1n) is 12.2. The molecule has 0 aliphatic carbocycles. The van der Waals surface area contributed by atoms with Crippen LogP contribution in [0.2, 0.25) is 0 Å². The molecule has 0 saturated heterocycles. The highest BCUT2D eigenvalue weighted by Gasteiger charge is 2.35. The zero-order chi connectivity index (χ0) is 25.7. The first-order chi connectivity index (χ1) is 17.4. The number of hydrogen-bond donors (Lipinski definition) is 2. The van der Waals surface area contributed by atoms with Crippen LogP contribution >= 0.6 is 11.8 Å². The van der Waals surface area contributed by atoms with E-state index in [1.807, 2.05) is 55.5 Å². The van der Waals surface area contributed by atoms with E-state index in [0.29, 0.717) is 40.7 Å². The van der Waals surface area contributed by atoms with Crippen LogP contribution in [0.4, 0.5) is 11.6 Å². The minimum Gasteiger partial charge on any atom is -0.493 e. The molecule has 1 aliphatic heterocycles. The van der Waals surface area contributed by atoms with Crippen molar-refractivity contribution in [2.45, 2.75) is 45.3 Å². The van der Waals surface area contributed by atoms with Gasteiger partial charge in [0.1, 0.15) is 6.04 Å². The molecule has 1 amide bonds. The molecule has 0 bridgehead atoms. The number of carbonyl (C=O) groups excluding carboxylic acids is 1. The molecule has 2 heterocycles. The van der Waals surface area contributed by atoms with Crippen LogP contribution in [0.5, 0.6) is 11.5 Å². The van der Waals surface area contributed by atoms with E-state index in [0.717, 1.165) is 29.1 Å². The predicted octanol–water partition coefficient (Wildman–Crippen LogP) is 5.75. The number of aromatic nitrogens is 3. The number of nitrogens with zero attached hydrogens (tertiary/aromatic N) is 3. The number of anilines is 2. The van der Waals surface area contributed by atoms with E-state index in [1.165, 1.54) is 0 Å². The zero-order valence-corrected chi connectivity index (χ0v) is 22.2. The standard InChI is InChI=1S/C27H33N5O3S/c1-6-36-27-30-26-28-18(4)23(25(33)29-20-10-8-7-9-11-20)24(32(26)31-27)19-12-13-21(22(16-19)34-5)35-15-14-17(2)3/h7-13,16-17,24H,6,14-15H2,1-5H3,(H,29,33)(H,28,30,31). The molecule has 0 radical (unpaired) electrons. The number of methoxy groups -OCH3 is 1. The van der Waals surface area contributed by atoms with Crippen molar-refractivity contribution in [1.82, 2.24) is 14.8 Å². The molecule has 1 unspecified atom stereocenters. The van der Waals surface area contributed by atoms with Gasteiger partial charge in [-0.1, -0.05) is 56.8 Å². The third-order valence-electron chi connectivity index (χ3n) is 5.84. The highest BCUT2D eigenvalue weighted by Crippen LogP contribution is 2.39.